The van der Waals surface area contributed by atoms with E-state index in [1.54, 1.807) is 0 Å². The normalized spacial score (nSPS) is 14.9. The van der Waals surface area contributed by atoms with Gasteiger partial charge in [0.1, 0.15) is 0 Å². The smallest absolute Gasteiger partial charge is 0.156 e. The molecule has 0 saturated heterocycles. The minimum absolute atomic E-state index is 0.205. The second-order valence-corrected chi connectivity index (χ2v) is 4.22. The van der Waals surface area contributed by atoms with Gasteiger partial charge in [-0.05, 0) is 24.6 Å². The lowest BCUT2D eigenvalue weighted by Crippen LogP contribution is -2.21. The largest absolute Gasteiger partial charge is 0.368 e. The highest BCUT2D eigenvalue weighted by Gasteiger charge is 2.12. The zero-order chi connectivity index (χ0) is 11.3. The van der Waals surface area contributed by atoms with Crippen LogP contribution in [0.2, 0.25) is 0 Å². The maximum atomic E-state index is 9.44. The fraction of sp³-hybridized carbons (Fsp3) is 0.455. The molecule has 0 aliphatic heterocycles. The summed E-state index contributed by atoms with van der Waals surface area (Å²) in [6, 6.07) is 7.54. The predicted molar refractivity (Wildman–Crippen MR) is 63.3 cm³/mol. The number of aliphatic hydroxyl groups excluding tert-OH is 1. The van der Waals surface area contributed by atoms with Gasteiger partial charge < -0.3 is 15.6 Å². The zero-order valence-corrected chi connectivity index (χ0v) is 10.3. The van der Waals surface area contributed by atoms with Crippen molar-refractivity contribution in [3.8, 4) is 0 Å². The van der Waals surface area contributed by atoms with Gasteiger partial charge in [-0.25, -0.2) is 0 Å². The van der Waals surface area contributed by atoms with Gasteiger partial charge in [0.05, 0.1) is 0 Å². The predicted octanol–water partition coefficient (Wildman–Crippen LogP) is 2.19. The van der Waals surface area contributed by atoms with Crippen LogP contribution in [0.5, 0.6) is 0 Å². The summed E-state index contributed by atoms with van der Waals surface area (Å²) in [5.74, 6) is 0. The van der Waals surface area contributed by atoms with Crippen LogP contribution in [-0.4, -0.2) is 18.0 Å². The van der Waals surface area contributed by atoms with Crippen molar-refractivity contribution in [3.63, 3.8) is 0 Å². The van der Waals surface area contributed by atoms with E-state index in [9.17, 15) is 5.11 Å². The van der Waals surface area contributed by atoms with Gasteiger partial charge in [0.15, 0.2) is 6.29 Å². The summed E-state index contributed by atoms with van der Waals surface area (Å²) in [7, 11) is 0. The topological polar surface area (TPSA) is 55.5 Å². The minimum Gasteiger partial charge on any atom is -0.368 e. The molecule has 15 heavy (non-hydrogen) atoms. The maximum Gasteiger partial charge on any atom is 0.156 e. The Morgan fingerprint density at radius 3 is 2.87 bits per heavy atom. The summed E-state index contributed by atoms with van der Waals surface area (Å²) < 4.78 is 6.02. The Morgan fingerprint density at radius 2 is 2.27 bits per heavy atom. The number of benzene rings is 1. The molecule has 0 aromatic heterocycles. The average Bonchev–Trinajstić information content (AvgIpc) is 2.18. The van der Waals surface area contributed by atoms with E-state index in [0.717, 1.165) is 10.0 Å². The van der Waals surface area contributed by atoms with E-state index in [0.29, 0.717) is 13.0 Å². The van der Waals surface area contributed by atoms with E-state index in [-0.39, 0.29) is 6.04 Å². The van der Waals surface area contributed by atoms with Gasteiger partial charge in [0.25, 0.3) is 0 Å². The number of halogens is 1. The third-order valence-electron chi connectivity index (χ3n) is 2.09. The molecule has 0 saturated carbocycles. The van der Waals surface area contributed by atoms with Crippen molar-refractivity contribution in [1.82, 2.24) is 0 Å². The van der Waals surface area contributed by atoms with Gasteiger partial charge in [-0.3, -0.25) is 0 Å². The lowest BCUT2D eigenvalue weighted by molar-refractivity contribution is -0.102. The van der Waals surface area contributed by atoms with Gasteiger partial charge >= 0.3 is 0 Å². The van der Waals surface area contributed by atoms with Crippen LogP contribution in [0, 0.1) is 0 Å². The molecule has 1 aromatic carbocycles. The first-order valence-electron chi connectivity index (χ1n) is 4.94. The Kier molecular flexibility index (Phi) is 5.25. The average molecular weight is 274 g/mol. The molecule has 3 nitrogen and oxygen atoms in total. The van der Waals surface area contributed by atoms with Crippen molar-refractivity contribution in [2.75, 3.05) is 6.61 Å². The molecule has 84 valence electrons. The Hall–Kier alpha value is -0.420. The van der Waals surface area contributed by atoms with E-state index in [1.165, 1.54) is 0 Å². The van der Waals surface area contributed by atoms with Crippen LogP contribution in [0.3, 0.4) is 0 Å². The SMILES string of the molecule is CCOC(O)C[C@H](N)c1cccc(Br)c1. The third kappa shape index (κ3) is 4.30. The molecule has 0 amide bonds. The van der Waals surface area contributed by atoms with Crippen LogP contribution in [0.1, 0.15) is 24.9 Å². The van der Waals surface area contributed by atoms with Crippen LogP contribution in [0.4, 0.5) is 0 Å². The fourth-order valence-electron chi connectivity index (χ4n) is 1.35. The van der Waals surface area contributed by atoms with Gasteiger partial charge in [0.2, 0.25) is 0 Å². The van der Waals surface area contributed by atoms with Gasteiger partial charge in [-0.15, -0.1) is 0 Å². The molecule has 0 fully saturated rings. The second-order valence-electron chi connectivity index (χ2n) is 3.31. The first-order chi connectivity index (χ1) is 7.13. The summed E-state index contributed by atoms with van der Waals surface area (Å²) in [5.41, 5.74) is 6.92. The first kappa shape index (κ1) is 12.6. The van der Waals surface area contributed by atoms with Crippen molar-refractivity contribution >= 4 is 15.9 Å². The molecular formula is C11H16BrNO2. The highest BCUT2D eigenvalue weighted by molar-refractivity contribution is 9.10. The second kappa shape index (κ2) is 6.23. The minimum atomic E-state index is -0.788. The van der Waals surface area contributed by atoms with Crippen molar-refractivity contribution in [2.45, 2.75) is 25.7 Å². The number of ether oxygens (including phenoxy) is 1. The van der Waals surface area contributed by atoms with Crippen molar-refractivity contribution in [1.29, 1.82) is 0 Å². The summed E-state index contributed by atoms with van der Waals surface area (Å²) in [6.07, 6.45) is -0.381. The molecule has 0 spiro atoms. The molecule has 0 aliphatic rings. The van der Waals surface area contributed by atoms with Crippen LogP contribution < -0.4 is 5.73 Å². The van der Waals surface area contributed by atoms with E-state index in [1.807, 2.05) is 31.2 Å². The molecule has 1 aromatic rings. The molecule has 4 heteroatoms. The molecule has 2 atom stereocenters. The molecule has 1 rings (SSSR count). The van der Waals surface area contributed by atoms with Crippen molar-refractivity contribution in [2.24, 2.45) is 5.73 Å². The molecule has 3 N–H and O–H groups in total. The Balaban J connectivity index is 2.56. The fourth-order valence-corrected chi connectivity index (χ4v) is 1.77. The summed E-state index contributed by atoms with van der Waals surface area (Å²) in [5, 5.41) is 9.44. The number of hydrogen-bond acceptors (Lipinski definition) is 3. The van der Waals surface area contributed by atoms with Crippen molar-refractivity contribution < 1.29 is 9.84 Å². The molecular weight excluding hydrogens is 258 g/mol. The van der Waals surface area contributed by atoms with E-state index >= 15 is 0 Å². The van der Waals surface area contributed by atoms with Gasteiger partial charge in [0, 0.05) is 23.5 Å². The third-order valence-corrected chi connectivity index (χ3v) is 2.58. The summed E-state index contributed by atoms with van der Waals surface area (Å²) >= 11 is 3.38. The van der Waals surface area contributed by atoms with Crippen LogP contribution in [0.15, 0.2) is 28.7 Å². The monoisotopic (exact) mass is 273 g/mol. The highest BCUT2D eigenvalue weighted by atomic mass is 79.9. The van der Waals surface area contributed by atoms with Crippen molar-refractivity contribution in [3.05, 3.63) is 34.3 Å². The van der Waals surface area contributed by atoms with Crippen LogP contribution >= 0.6 is 15.9 Å². The number of nitrogens with two attached hydrogens (primary N) is 1. The molecule has 0 heterocycles. The number of hydrogen-bond donors (Lipinski definition) is 2. The summed E-state index contributed by atoms with van der Waals surface area (Å²) in [4.78, 5) is 0. The van der Waals surface area contributed by atoms with Crippen LogP contribution in [-0.2, 0) is 4.74 Å². The van der Waals surface area contributed by atoms with Gasteiger partial charge in [-0.1, -0.05) is 28.1 Å². The quantitative estimate of drug-likeness (QED) is 0.809. The lowest BCUT2D eigenvalue weighted by Gasteiger charge is -2.16. The zero-order valence-electron chi connectivity index (χ0n) is 8.69. The first-order valence-corrected chi connectivity index (χ1v) is 5.73. The molecule has 1 unspecified atom stereocenters. The number of rotatable bonds is 5. The van der Waals surface area contributed by atoms with E-state index < -0.39 is 6.29 Å². The highest BCUT2D eigenvalue weighted by Crippen LogP contribution is 2.20. The lowest BCUT2D eigenvalue weighted by atomic mass is 10.0. The Bertz CT molecular complexity index is 306. The number of aliphatic hydroxyl groups is 1. The molecule has 0 aliphatic carbocycles. The standard InChI is InChI=1S/C11H16BrNO2/c1-2-15-11(14)7-10(13)8-4-3-5-9(12)6-8/h3-6,10-11,14H,2,7,13H2,1H3/t10-,11?/m0/s1. The van der Waals surface area contributed by atoms with Gasteiger partial charge in [-0.2, -0.15) is 0 Å². The van der Waals surface area contributed by atoms with E-state index in [2.05, 4.69) is 15.9 Å². The summed E-state index contributed by atoms with van der Waals surface area (Å²) in [6.45, 7) is 2.33. The maximum absolute atomic E-state index is 9.44. The van der Waals surface area contributed by atoms with E-state index in [4.69, 9.17) is 10.5 Å². The Morgan fingerprint density at radius 1 is 1.53 bits per heavy atom. The van der Waals surface area contributed by atoms with Crippen LogP contribution in [0.25, 0.3) is 0 Å². The Labute approximate surface area is 98.4 Å². The molecule has 0 radical (unpaired) electrons. The molecule has 0 bridgehead atoms.